The third kappa shape index (κ3) is 2.85. The Morgan fingerprint density at radius 3 is 2.00 bits per heavy atom. The Bertz CT molecular complexity index is 499. The van der Waals surface area contributed by atoms with E-state index in [0.717, 1.165) is 0 Å². The van der Waals surface area contributed by atoms with Crippen molar-refractivity contribution in [2.24, 2.45) is 0 Å². The molecule has 0 saturated carbocycles. The molecule has 0 N–H and O–H groups in total. The van der Waals surface area contributed by atoms with Gasteiger partial charge < -0.3 is 9.90 Å². The highest BCUT2D eigenvalue weighted by atomic mass is 19.4. The van der Waals surface area contributed by atoms with Crippen molar-refractivity contribution in [2.75, 3.05) is 0 Å². The van der Waals surface area contributed by atoms with Gasteiger partial charge in [-0.1, -0.05) is 0 Å². The predicted molar refractivity (Wildman–Crippen MR) is 51.5 cm³/mol. The van der Waals surface area contributed by atoms with Crippen molar-refractivity contribution in [1.29, 1.82) is 0 Å². The topological polar surface area (TPSA) is 58.0 Å². The summed E-state index contributed by atoms with van der Waals surface area (Å²) in [5, 5.41) is 13.8. The molecule has 0 aliphatic heterocycles. The van der Waals surface area contributed by atoms with Crippen LogP contribution in [0.4, 0.5) is 22.0 Å². The molecule has 0 radical (unpaired) electrons. The van der Waals surface area contributed by atoms with E-state index in [1.54, 1.807) is 0 Å². The highest BCUT2D eigenvalue weighted by Gasteiger charge is 2.43. The van der Waals surface area contributed by atoms with Crippen LogP contribution in [-0.4, -0.2) is 15.7 Å². The van der Waals surface area contributed by atoms with E-state index in [0.29, 0.717) is 0 Å². The molecule has 0 saturated heterocycles. The second kappa shape index (κ2) is 4.46. The molecule has 108 valence electrons. The lowest BCUT2D eigenvalue weighted by molar-refractivity contribution is -0.256. The van der Waals surface area contributed by atoms with Crippen LogP contribution in [0.2, 0.25) is 0 Å². The Labute approximate surface area is 104 Å². The van der Waals surface area contributed by atoms with Gasteiger partial charge in [0.25, 0.3) is 6.43 Å². The van der Waals surface area contributed by atoms with Crippen molar-refractivity contribution in [1.82, 2.24) is 9.78 Å². The Hall–Kier alpha value is -1.67. The molecular weight excluding hydrogens is 275 g/mol. The standard InChI is InChI=1S/C10H11F5N2O2/c1-9(2,3)17-6(10(13,14)15)4(8(18)19)5(16-17)7(11)12/h7H,1-3H3,(H,18,19)/p-1. The summed E-state index contributed by atoms with van der Waals surface area (Å²) in [6, 6.07) is 0. The van der Waals surface area contributed by atoms with Crippen LogP contribution in [0.5, 0.6) is 0 Å². The number of aromatic carboxylic acids is 1. The van der Waals surface area contributed by atoms with Crippen LogP contribution >= 0.6 is 0 Å². The number of carbonyl (C=O) groups excluding carboxylic acids is 1. The molecule has 1 heterocycles. The molecule has 0 spiro atoms. The number of hydrogen-bond donors (Lipinski definition) is 0. The van der Waals surface area contributed by atoms with Crippen molar-refractivity contribution < 1.29 is 31.9 Å². The lowest BCUT2D eigenvalue weighted by Crippen LogP contribution is -2.32. The summed E-state index contributed by atoms with van der Waals surface area (Å²) < 4.78 is 64.1. The van der Waals surface area contributed by atoms with Gasteiger partial charge in [0, 0.05) is 0 Å². The average Bonchev–Trinajstić information content (AvgIpc) is 2.55. The molecule has 0 amide bonds. The normalized spacial score (nSPS) is 13.1. The molecule has 0 aromatic carbocycles. The maximum absolute atomic E-state index is 12.9. The van der Waals surface area contributed by atoms with Gasteiger partial charge in [-0.2, -0.15) is 18.3 Å². The zero-order valence-corrected chi connectivity index (χ0v) is 10.2. The fourth-order valence-corrected chi connectivity index (χ4v) is 1.54. The maximum Gasteiger partial charge on any atom is 0.433 e. The Morgan fingerprint density at radius 2 is 1.74 bits per heavy atom. The molecule has 0 atom stereocenters. The molecule has 9 heteroatoms. The van der Waals surface area contributed by atoms with Crippen molar-refractivity contribution >= 4 is 5.97 Å². The van der Waals surface area contributed by atoms with Gasteiger partial charge in [-0.15, -0.1) is 0 Å². The van der Waals surface area contributed by atoms with Crippen LogP contribution in [0.1, 0.15) is 48.9 Å². The number of halogens is 5. The first-order valence-electron chi connectivity index (χ1n) is 5.07. The molecule has 19 heavy (non-hydrogen) atoms. The third-order valence-electron chi connectivity index (χ3n) is 2.23. The monoisotopic (exact) mass is 285 g/mol. The third-order valence-corrected chi connectivity index (χ3v) is 2.23. The van der Waals surface area contributed by atoms with Gasteiger partial charge in [0.05, 0.1) is 17.1 Å². The van der Waals surface area contributed by atoms with E-state index in [-0.39, 0.29) is 4.68 Å². The molecule has 0 fully saturated rings. The molecule has 0 aliphatic rings. The van der Waals surface area contributed by atoms with Crippen molar-refractivity contribution in [3.63, 3.8) is 0 Å². The number of rotatable bonds is 2. The second-order valence-electron chi connectivity index (χ2n) is 4.78. The molecular formula is C10H10F5N2O2-. The van der Waals surface area contributed by atoms with Crippen molar-refractivity contribution in [3.05, 3.63) is 17.0 Å². The first kappa shape index (κ1) is 15.4. The summed E-state index contributed by atoms with van der Waals surface area (Å²) in [4.78, 5) is 10.7. The van der Waals surface area contributed by atoms with Gasteiger partial charge in [-0.3, -0.25) is 4.68 Å². The number of carbonyl (C=O) groups is 1. The van der Waals surface area contributed by atoms with E-state index < -0.39 is 41.1 Å². The van der Waals surface area contributed by atoms with Gasteiger partial charge in [-0.25, -0.2) is 8.78 Å². The summed E-state index contributed by atoms with van der Waals surface area (Å²) in [6.45, 7) is 3.84. The maximum atomic E-state index is 12.9. The molecule has 4 nitrogen and oxygen atoms in total. The van der Waals surface area contributed by atoms with E-state index in [1.807, 2.05) is 0 Å². The van der Waals surface area contributed by atoms with E-state index in [2.05, 4.69) is 5.10 Å². The smallest absolute Gasteiger partial charge is 0.433 e. The number of carboxylic acids is 1. The second-order valence-corrected chi connectivity index (χ2v) is 4.78. The quantitative estimate of drug-likeness (QED) is 0.780. The highest BCUT2D eigenvalue weighted by Crippen LogP contribution is 2.38. The minimum Gasteiger partial charge on any atom is -0.545 e. The molecule has 0 aliphatic carbocycles. The Kier molecular flexibility index (Phi) is 3.61. The minimum absolute atomic E-state index is 0.236. The van der Waals surface area contributed by atoms with Crippen LogP contribution in [0, 0.1) is 0 Å². The SMILES string of the molecule is CC(C)(C)n1nc(C(F)F)c(C(=O)[O-])c1C(F)(F)F. The summed E-state index contributed by atoms with van der Waals surface area (Å²) in [6.07, 6.45) is -8.58. The summed E-state index contributed by atoms with van der Waals surface area (Å²) >= 11 is 0. The largest absolute Gasteiger partial charge is 0.545 e. The van der Waals surface area contributed by atoms with E-state index in [1.165, 1.54) is 20.8 Å². The number of aromatic nitrogens is 2. The van der Waals surface area contributed by atoms with Crippen LogP contribution in [0.15, 0.2) is 0 Å². The minimum atomic E-state index is -5.14. The molecule has 0 bridgehead atoms. The summed E-state index contributed by atoms with van der Waals surface area (Å²) in [5.74, 6) is -2.34. The first-order chi connectivity index (χ1) is 8.37. The molecule has 1 rings (SSSR count). The summed E-state index contributed by atoms with van der Waals surface area (Å²) in [5.41, 5.74) is -6.11. The fourth-order valence-electron chi connectivity index (χ4n) is 1.54. The number of carboxylic acid groups (broad SMARTS) is 1. The van der Waals surface area contributed by atoms with Crippen LogP contribution in [-0.2, 0) is 11.7 Å². The van der Waals surface area contributed by atoms with Gasteiger partial charge in [0.15, 0.2) is 5.69 Å². The van der Waals surface area contributed by atoms with E-state index in [4.69, 9.17) is 0 Å². The van der Waals surface area contributed by atoms with E-state index in [9.17, 15) is 31.9 Å². The highest BCUT2D eigenvalue weighted by molar-refractivity contribution is 5.89. The van der Waals surface area contributed by atoms with Gasteiger partial charge in [0.2, 0.25) is 0 Å². The molecule has 1 aromatic rings. The fraction of sp³-hybridized carbons (Fsp3) is 0.600. The number of nitrogens with zero attached hydrogens (tertiary/aromatic N) is 2. The van der Waals surface area contributed by atoms with E-state index >= 15 is 0 Å². The number of hydrogen-bond acceptors (Lipinski definition) is 3. The van der Waals surface area contributed by atoms with Crippen LogP contribution in [0.25, 0.3) is 0 Å². The first-order valence-corrected chi connectivity index (χ1v) is 5.07. The van der Waals surface area contributed by atoms with Crippen LogP contribution in [0.3, 0.4) is 0 Å². The lowest BCUT2D eigenvalue weighted by atomic mass is 10.1. The summed E-state index contributed by atoms with van der Waals surface area (Å²) in [7, 11) is 0. The molecule has 1 aromatic heterocycles. The average molecular weight is 285 g/mol. The zero-order valence-electron chi connectivity index (χ0n) is 10.2. The van der Waals surface area contributed by atoms with Gasteiger partial charge >= 0.3 is 6.18 Å². The van der Waals surface area contributed by atoms with Gasteiger partial charge in [0.1, 0.15) is 5.69 Å². The lowest BCUT2D eigenvalue weighted by Gasteiger charge is -2.24. The van der Waals surface area contributed by atoms with Crippen molar-refractivity contribution in [2.45, 2.75) is 38.9 Å². The zero-order chi connectivity index (χ0) is 15.2. The predicted octanol–water partition coefficient (Wildman–Crippen LogP) is 1.96. The Morgan fingerprint density at radius 1 is 1.26 bits per heavy atom. The van der Waals surface area contributed by atoms with Crippen LogP contribution < -0.4 is 5.11 Å². The number of alkyl halides is 5. The van der Waals surface area contributed by atoms with Crippen molar-refractivity contribution in [3.8, 4) is 0 Å². The van der Waals surface area contributed by atoms with Gasteiger partial charge in [-0.05, 0) is 20.8 Å². The molecule has 0 unspecified atom stereocenters. The Balaban J connectivity index is 3.77.